The van der Waals surface area contributed by atoms with E-state index in [2.05, 4.69) is 9.82 Å². The van der Waals surface area contributed by atoms with Crippen LogP contribution in [0.15, 0.2) is 23.1 Å². The first-order valence-electron chi connectivity index (χ1n) is 6.81. The van der Waals surface area contributed by atoms with E-state index >= 15 is 0 Å². The molecule has 0 radical (unpaired) electrons. The molecular weight excluding hydrogens is 325 g/mol. The minimum Gasteiger partial charge on any atom is -0.497 e. The second kappa shape index (κ2) is 6.45. The van der Waals surface area contributed by atoms with Gasteiger partial charge in [-0.05, 0) is 26.0 Å². The van der Waals surface area contributed by atoms with Gasteiger partial charge in [-0.3, -0.25) is 4.72 Å². The molecule has 126 valence electrons. The number of methoxy groups -OCH3 is 2. The highest BCUT2D eigenvalue weighted by atomic mass is 32.2. The molecule has 0 spiro atoms. The van der Waals surface area contributed by atoms with Crippen molar-refractivity contribution in [2.24, 2.45) is 0 Å². The van der Waals surface area contributed by atoms with Crippen LogP contribution < -0.4 is 14.2 Å². The van der Waals surface area contributed by atoms with E-state index in [1.165, 1.54) is 33.3 Å². The van der Waals surface area contributed by atoms with Gasteiger partial charge in [0.1, 0.15) is 11.5 Å². The second-order valence-electron chi connectivity index (χ2n) is 4.69. The number of benzene rings is 1. The number of nitrogens with zero attached hydrogens (tertiary/aromatic N) is 2. The van der Waals surface area contributed by atoms with Gasteiger partial charge in [-0.1, -0.05) is 0 Å². The van der Waals surface area contributed by atoms with Crippen LogP contribution >= 0.6 is 0 Å². The highest BCUT2D eigenvalue weighted by Gasteiger charge is 2.28. The number of ether oxygens (including phenoxy) is 2. The molecule has 1 aromatic heterocycles. The van der Waals surface area contributed by atoms with Gasteiger partial charge < -0.3 is 9.47 Å². The summed E-state index contributed by atoms with van der Waals surface area (Å²) in [6.45, 7) is 3.34. The first-order chi connectivity index (χ1) is 10.8. The van der Waals surface area contributed by atoms with Crippen molar-refractivity contribution in [3.8, 4) is 11.5 Å². The zero-order chi connectivity index (χ0) is 17.2. The van der Waals surface area contributed by atoms with Gasteiger partial charge in [0.05, 0.1) is 25.6 Å². The molecular formula is C14H18FN3O4S. The normalized spacial score (nSPS) is 11.3. The van der Waals surface area contributed by atoms with E-state index in [1.807, 2.05) is 0 Å². The van der Waals surface area contributed by atoms with Gasteiger partial charge in [-0.25, -0.2) is 13.1 Å². The third kappa shape index (κ3) is 3.24. The van der Waals surface area contributed by atoms with Crippen molar-refractivity contribution in [1.82, 2.24) is 9.78 Å². The summed E-state index contributed by atoms with van der Waals surface area (Å²) < 4.78 is 52.7. The van der Waals surface area contributed by atoms with Crippen LogP contribution in [0.4, 0.5) is 10.1 Å². The van der Waals surface area contributed by atoms with Crippen LogP contribution in [0.2, 0.25) is 0 Å². The molecule has 1 N–H and O–H groups in total. The van der Waals surface area contributed by atoms with Crippen LogP contribution in [-0.4, -0.2) is 32.4 Å². The summed E-state index contributed by atoms with van der Waals surface area (Å²) in [7, 11) is -1.27. The van der Waals surface area contributed by atoms with E-state index < -0.39 is 20.9 Å². The summed E-state index contributed by atoms with van der Waals surface area (Å²) >= 11 is 0. The Bertz CT molecular complexity index is 818. The Balaban J connectivity index is 2.45. The standard InChI is InChI=1S/C14H18FN3O4S/c1-5-18-14(15)13(9(2)16-18)23(19,20)17-11-7-6-10(21-3)8-12(11)22-4/h6-8,17H,5H2,1-4H3. The third-order valence-corrected chi connectivity index (χ3v) is 4.72. The number of rotatable bonds is 6. The number of anilines is 1. The molecule has 9 heteroatoms. The molecule has 0 aliphatic heterocycles. The number of nitrogens with one attached hydrogen (secondary N) is 1. The zero-order valence-corrected chi connectivity index (χ0v) is 14.1. The maximum atomic E-state index is 14.2. The Morgan fingerprint density at radius 1 is 1.30 bits per heavy atom. The number of sulfonamides is 1. The Morgan fingerprint density at radius 3 is 2.52 bits per heavy atom. The molecule has 2 aromatic rings. The van der Waals surface area contributed by atoms with Gasteiger partial charge in [0.2, 0.25) is 5.95 Å². The fraction of sp³-hybridized carbons (Fsp3) is 0.357. The van der Waals surface area contributed by atoms with Crippen LogP contribution in [-0.2, 0) is 16.6 Å². The maximum absolute atomic E-state index is 14.2. The minimum atomic E-state index is -4.15. The lowest BCUT2D eigenvalue weighted by Gasteiger charge is -2.12. The van der Waals surface area contributed by atoms with E-state index in [0.717, 1.165) is 4.68 Å². The van der Waals surface area contributed by atoms with Crippen molar-refractivity contribution in [2.75, 3.05) is 18.9 Å². The average Bonchev–Trinajstić information content (AvgIpc) is 2.82. The van der Waals surface area contributed by atoms with E-state index in [4.69, 9.17) is 9.47 Å². The predicted octanol–water partition coefficient (Wildman–Crippen LogP) is 2.17. The van der Waals surface area contributed by atoms with E-state index in [9.17, 15) is 12.8 Å². The highest BCUT2D eigenvalue weighted by molar-refractivity contribution is 7.92. The molecule has 23 heavy (non-hydrogen) atoms. The Hall–Kier alpha value is -2.29. The van der Waals surface area contributed by atoms with Gasteiger partial charge in [-0.15, -0.1) is 0 Å². The van der Waals surface area contributed by atoms with Gasteiger partial charge in [0, 0.05) is 12.6 Å². The molecule has 0 aliphatic rings. The van der Waals surface area contributed by atoms with Crippen molar-refractivity contribution in [3.05, 3.63) is 29.8 Å². The Kier molecular flexibility index (Phi) is 4.79. The first kappa shape index (κ1) is 17.1. The topological polar surface area (TPSA) is 82.5 Å². The molecule has 0 unspecified atom stereocenters. The van der Waals surface area contributed by atoms with Crippen LogP contribution in [0.25, 0.3) is 0 Å². The monoisotopic (exact) mass is 343 g/mol. The third-order valence-electron chi connectivity index (χ3n) is 3.23. The zero-order valence-electron chi connectivity index (χ0n) is 13.3. The predicted molar refractivity (Wildman–Crippen MR) is 83.0 cm³/mol. The van der Waals surface area contributed by atoms with Gasteiger partial charge in [-0.2, -0.15) is 9.49 Å². The fourth-order valence-electron chi connectivity index (χ4n) is 2.13. The number of hydrogen-bond donors (Lipinski definition) is 1. The minimum absolute atomic E-state index is 0.0873. The first-order valence-corrected chi connectivity index (χ1v) is 8.30. The molecule has 0 atom stereocenters. The van der Waals surface area contributed by atoms with Crippen molar-refractivity contribution in [2.45, 2.75) is 25.3 Å². The van der Waals surface area contributed by atoms with Crippen molar-refractivity contribution >= 4 is 15.7 Å². The SMILES string of the molecule is CCn1nc(C)c(S(=O)(=O)Nc2ccc(OC)cc2OC)c1F. The Morgan fingerprint density at radius 2 is 2.00 bits per heavy atom. The van der Waals surface area contributed by atoms with Gasteiger partial charge in [0.15, 0.2) is 4.90 Å². The van der Waals surface area contributed by atoms with E-state index in [0.29, 0.717) is 5.75 Å². The summed E-state index contributed by atoms with van der Waals surface area (Å²) in [5.74, 6) is -0.134. The molecule has 2 rings (SSSR count). The number of aryl methyl sites for hydroxylation is 2. The number of aromatic nitrogens is 2. The van der Waals surface area contributed by atoms with Crippen LogP contribution in [0.3, 0.4) is 0 Å². The summed E-state index contributed by atoms with van der Waals surface area (Å²) in [6, 6.07) is 4.57. The molecule has 0 saturated heterocycles. The van der Waals surface area contributed by atoms with Crippen LogP contribution in [0, 0.1) is 12.9 Å². The number of halogens is 1. The second-order valence-corrected chi connectivity index (χ2v) is 6.31. The molecule has 1 aromatic carbocycles. The molecule has 1 heterocycles. The molecule has 0 amide bonds. The molecule has 0 saturated carbocycles. The molecule has 7 nitrogen and oxygen atoms in total. The number of hydrogen-bond acceptors (Lipinski definition) is 5. The van der Waals surface area contributed by atoms with Crippen LogP contribution in [0.1, 0.15) is 12.6 Å². The largest absolute Gasteiger partial charge is 0.497 e. The molecule has 0 fully saturated rings. The lowest BCUT2D eigenvalue weighted by molar-refractivity contribution is 0.395. The van der Waals surface area contributed by atoms with Crippen molar-refractivity contribution in [3.63, 3.8) is 0 Å². The van der Waals surface area contributed by atoms with E-state index in [-0.39, 0.29) is 23.7 Å². The van der Waals surface area contributed by atoms with Crippen molar-refractivity contribution < 1.29 is 22.3 Å². The van der Waals surface area contributed by atoms with Crippen molar-refractivity contribution in [1.29, 1.82) is 0 Å². The summed E-state index contributed by atoms with van der Waals surface area (Å²) in [5.41, 5.74) is 0.265. The average molecular weight is 343 g/mol. The summed E-state index contributed by atoms with van der Waals surface area (Å²) in [4.78, 5) is -0.475. The Labute approximate surface area is 134 Å². The summed E-state index contributed by atoms with van der Waals surface area (Å²) in [5, 5.41) is 3.88. The highest BCUT2D eigenvalue weighted by Crippen LogP contribution is 2.31. The van der Waals surface area contributed by atoms with Gasteiger partial charge in [0.25, 0.3) is 10.0 Å². The maximum Gasteiger partial charge on any atom is 0.268 e. The smallest absolute Gasteiger partial charge is 0.268 e. The fourth-order valence-corrected chi connectivity index (χ4v) is 3.45. The summed E-state index contributed by atoms with van der Waals surface area (Å²) in [6.07, 6.45) is 0. The quantitative estimate of drug-likeness (QED) is 0.869. The van der Waals surface area contributed by atoms with E-state index in [1.54, 1.807) is 13.0 Å². The molecule has 0 bridgehead atoms. The lowest BCUT2D eigenvalue weighted by atomic mass is 10.3. The van der Waals surface area contributed by atoms with Gasteiger partial charge >= 0.3 is 0 Å². The molecule has 0 aliphatic carbocycles. The van der Waals surface area contributed by atoms with Crippen LogP contribution in [0.5, 0.6) is 11.5 Å². The lowest BCUT2D eigenvalue weighted by Crippen LogP contribution is -2.16.